The normalized spacial score (nSPS) is 15.5. The van der Waals surface area contributed by atoms with Crippen molar-refractivity contribution in [2.24, 2.45) is 0 Å². The molecule has 0 aliphatic carbocycles. The third kappa shape index (κ3) is 4.68. The van der Waals surface area contributed by atoms with E-state index in [2.05, 4.69) is 58.8 Å². The maximum absolute atomic E-state index is 13.0. The lowest BCUT2D eigenvalue weighted by molar-refractivity contribution is 0.102. The molecule has 1 N–H and O–H groups in total. The Morgan fingerprint density at radius 1 is 1.11 bits per heavy atom. The Hall–Kier alpha value is -2.47. The van der Waals surface area contributed by atoms with Gasteiger partial charge in [-0.2, -0.15) is 0 Å². The maximum Gasteiger partial charge on any atom is 0.274 e. The van der Waals surface area contributed by atoms with Gasteiger partial charge in [-0.05, 0) is 36.6 Å². The SMILES string of the molecule is CCN1CCN(c2nc(C)cc(C(=O)Nc3ccccc3C(C)(C)C)n2)CC1. The summed E-state index contributed by atoms with van der Waals surface area (Å²) in [6.45, 7) is 15.3. The van der Waals surface area contributed by atoms with E-state index in [0.717, 1.165) is 49.7 Å². The molecule has 1 aliphatic heterocycles. The molecular weight excluding hydrogens is 350 g/mol. The van der Waals surface area contributed by atoms with Gasteiger partial charge in [-0.1, -0.05) is 45.9 Å². The number of carbonyl (C=O) groups excluding carboxylic acids is 1. The Balaban J connectivity index is 1.81. The molecule has 0 radical (unpaired) electrons. The molecule has 6 heteroatoms. The molecule has 3 rings (SSSR count). The predicted molar refractivity (Wildman–Crippen MR) is 114 cm³/mol. The second-order valence-electron chi connectivity index (χ2n) is 8.37. The molecule has 0 unspecified atom stereocenters. The molecule has 28 heavy (non-hydrogen) atoms. The summed E-state index contributed by atoms with van der Waals surface area (Å²) in [5, 5.41) is 3.05. The first-order valence-electron chi connectivity index (χ1n) is 10.0. The third-order valence-electron chi connectivity index (χ3n) is 5.16. The Morgan fingerprint density at radius 2 is 1.79 bits per heavy atom. The van der Waals surface area contributed by atoms with Crippen LogP contribution in [-0.2, 0) is 5.41 Å². The number of nitrogens with one attached hydrogen (secondary N) is 1. The molecule has 1 aromatic heterocycles. The molecule has 1 aliphatic rings. The summed E-state index contributed by atoms with van der Waals surface area (Å²) in [4.78, 5) is 26.7. The minimum atomic E-state index is -0.198. The summed E-state index contributed by atoms with van der Waals surface area (Å²) in [5.41, 5.74) is 3.08. The zero-order valence-corrected chi connectivity index (χ0v) is 17.6. The number of hydrogen-bond acceptors (Lipinski definition) is 5. The standard InChI is InChI=1S/C22H31N5O/c1-6-26-11-13-27(14-12-26)21-23-16(2)15-19(25-21)20(28)24-18-10-8-7-9-17(18)22(3,4)5/h7-10,15H,6,11-14H2,1-5H3,(H,24,28). The minimum absolute atomic E-state index is 0.0599. The van der Waals surface area contributed by atoms with Gasteiger partial charge in [0.15, 0.2) is 0 Å². The van der Waals surface area contributed by atoms with Crippen LogP contribution < -0.4 is 10.2 Å². The number of amides is 1. The Morgan fingerprint density at radius 3 is 2.43 bits per heavy atom. The first-order valence-corrected chi connectivity index (χ1v) is 10.0. The van der Waals surface area contributed by atoms with E-state index < -0.39 is 0 Å². The van der Waals surface area contributed by atoms with Gasteiger partial charge in [0, 0.05) is 37.6 Å². The van der Waals surface area contributed by atoms with Crippen LogP contribution in [0.2, 0.25) is 0 Å². The first-order chi connectivity index (χ1) is 13.3. The van der Waals surface area contributed by atoms with Gasteiger partial charge in [0.2, 0.25) is 5.95 Å². The number of aryl methyl sites for hydroxylation is 1. The molecule has 1 fully saturated rings. The molecule has 0 spiro atoms. The number of para-hydroxylation sites is 1. The van der Waals surface area contributed by atoms with E-state index in [9.17, 15) is 4.79 Å². The maximum atomic E-state index is 13.0. The van der Waals surface area contributed by atoms with Crippen LogP contribution in [-0.4, -0.2) is 53.5 Å². The minimum Gasteiger partial charge on any atom is -0.338 e. The van der Waals surface area contributed by atoms with Gasteiger partial charge in [0.05, 0.1) is 0 Å². The van der Waals surface area contributed by atoms with Crippen molar-refractivity contribution in [2.75, 3.05) is 42.9 Å². The lowest BCUT2D eigenvalue weighted by Gasteiger charge is -2.34. The average molecular weight is 382 g/mol. The zero-order chi connectivity index (χ0) is 20.3. The van der Waals surface area contributed by atoms with Gasteiger partial charge in [0.1, 0.15) is 5.69 Å². The van der Waals surface area contributed by atoms with Gasteiger partial charge in [-0.3, -0.25) is 4.79 Å². The quantitative estimate of drug-likeness (QED) is 0.879. The highest BCUT2D eigenvalue weighted by Gasteiger charge is 2.22. The van der Waals surface area contributed by atoms with Crippen LogP contribution in [0, 0.1) is 6.92 Å². The van der Waals surface area contributed by atoms with Crippen LogP contribution in [0.25, 0.3) is 0 Å². The van der Waals surface area contributed by atoms with E-state index in [0.29, 0.717) is 11.6 Å². The van der Waals surface area contributed by atoms with Gasteiger partial charge < -0.3 is 15.1 Å². The van der Waals surface area contributed by atoms with Crippen molar-refractivity contribution in [2.45, 2.75) is 40.0 Å². The van der Waals surface area contributed by atoms with Crippen LogP contribution >= 0.6 is 0 Å². The van der Waals surface area contributed by atoms with E-state index in [1.165, 1.54) is 0 Å². The smallest absolute Gasteiger partial charge is 0.274 e. The Kier molecular flexibility index (Phi) is 5.98. The molecule has 2 heterocycles. The molecule has 6 nitrogen and oxygen atoms in total. The van der Waals surface area contributed by atoms with Crippen LogP contribution in [0.4, 0.5) is 11.6 Å². The summed E-state index contributed by atoms with van der Waals surface area (Å²) < 4.78 is 0. The summed E-state index contributed by atoms with van der Waals surface area (Å²) >= 11 is 0. The molecule has 1 aromatic carbocycles. The molecule has 150 valence electrons. The van der Waals surface area contributed by atoms with Gasteiger partial charge >= 0.3 is 0 Å². The number of hydrogen-bond donors (Lipinski definition) is 1. The van der Waals surface area contributed by atoms with Crippen molar-refractivity contribution >= 4 is 17.5 Å². The number of nitrogens with zero attached hydrogens (tertiary/aromatic N) is 4. The summed E-state index contributed by atoms with van der Waals surface area (Å²) in [5.74, 6) is 0.445. The monoisotopic (exact) mass is 381 g/mol. The van der Waals surface area contributed by atoms with Crippen molar-refractivity contribution in [3.8, 4) is 0 Å². The van der Waals surface area contributed by atoms with Gasteiger partial charge in [0.25, 0.3) is 5.91 Å². The molecule has 0 saturated carbocycles. The number of benzene rings is 1. The van der Waals surface area contributed by atoms with Crippen LogP contribution in [0.3, 0.4) is 0 Å². The number of rotatable bonds is 4. The zero-order valence-electron chi connectivity index (χ0n) is 17.6. The summed E-state index contributed by atoms with van der Waals surface area (Å²) in [7, 11) is 0. The second kappa shape index (κ2) is 8.27. The highest BCUT2D eigenvalue weighted by Crippen LogP contribution is 2.29. The van der Waals surface area contributed by atoms with E-state index in [4.69, 9.17) is 0 Å². The van der Waals surface area contributed by atoms with E-state index in [-0.39, 0.29) is 11.3 Å². The first kappa shape index (κ1) is 20.3. The molecular formula is C22H31N5O. The molecule has 1 saturated heterocycles. The third-order valence-corrected chi connectivity index (χ3v) is 5.16. The summed E-state index contributed by atoms with van der Waals surface area (Å²) in [6, 6.07) is 9.69. The van der Waals surface area contributed by atoms with Gasteiger partial charge in [-0.25, -0.2) is 9.97 Å². The number of aromatic nitrogens is 2. The second-order valence-corrected chi connectivity index (χ2v) is 8.37. The molecule has 2 aromatic rings. The average Bonchev–Trinajstić information content (AvgIpc) is 2.67. The molecule has 0 atom stereocenters. The Labute approximate surface area is 168 Å². The topological polar surface area (TPSA) is 61.4 Å². The van der Waals surface area contributed by atoms with Crippen LogP contribution in [0.1, 0.15) is 49.4 Å². The van der Waals surface area contributed by atoms with Crippen molar-refractivity contribution in [3.63, 3.8) is 0 Å². The van der Waals surface area contributed by atoms with Crippen molar-refractivity contribution in [1.82, 2.24) is 14.9 Å². The number of anilines is 2. The fraction of sp³-hybridized carbons (Fsp3) is 0.500. The predicted octanol–water partition coefficient (Wildman–Crippen LogP) is 3.48. The van der Waals surface area contributed by atoms with Crippen molar-refractivity contribution in [1.29, 1.82) is 0 Å². The largest absolute Gasteiger partial charge is 0.338 e. The highest BCUT2D eigenvalue weighted by molar-refractivity contribution is 6.03. The summed E-state index contributed by atoms with van der Waals surface area (Å²) in [6.07, 6.45) is 0. The fourth-order valence-electron chi connectivity index (χ4n) is 3.51. The lowest BCUT2D eigenvalue weighted by Crippen LogP contribution is -2.47. The molecule has 0 bridgehead atoms. The number of piperazine rings is 1. The van der Waals surface area contributed by atoms with Crippen molar-refractivity contribution < 1.29 is 4.79 Å². The fourth-order valence-corrected chi connectivity index (χ4v) is 3.51. The van der Waals surface area contributed by atoms with E-state index in [1.54, 1.807) is 6.07 Å². The highest BCUT2D eigenvalue weighted by atomic mass is 16.1. The van der Waals surface area contributed by atoms with Gasteiger partial charge in [-0.15, -0.1) is 0 Å². The van der Waals surface area contributed by atoms with Crippen LogP contribution in [0.5, 0.6) is 0 Å². The molecule has 1 amide bonds. The van der Waals surface area contributed by atoms with E-state index in [1.807, 2.05) is 25.1 Å². The number of likely N-dealkylation sites (N-methyl/N-ethyl adjacent to an activating group) is 1. The lowest BCUT2D eigenvalue weighted by atomic mass is 9.86. The van der Waals surface area contributed by atoms with Crippen molar-refractivity contribution in [3.05, 3.63) is 47.3 Å². The van der Waals surface area contributed by atoms with Crippen LogP contribution in [0.15, 0.2) is 30.3 Å². The van der Waals surface area contributed by atoms with E-state index >= 15 is 0 Å². The Bertz CT molecular complexity index is 835. The number of carbonyl (C=O) groups is 1.